The van der Waals surface area contributed by atoms with Crippen LogP contribution in [0.5, 0.6) is 0 Å². The molecular formula is C24H27N5O3. The number of nitrogens with zero attached hydrogens (tertiary/aromatic N) is 3. The maximum atomic E-state index is 12.9. The lowest BCUT2D eigenvalue weighted by atomic mass is 10.0. The zero-order chi connectivity index (χ0) is 22.7. The lowest BCUT2D eigenvalue weighted by Gasteiger charge is -2.18. The van der Waals surface area contributed by atoms with Gasteiger partial charge in [0.2, 0.25) is 17.6 Å². The minimum absolute atomic E-state index is 0.0291. The van der Waals surface area contributed by atoms with Gasteiger partial charge in [0.05, 0.1) is 5.92 Å². The molecule has 0 aliphatic heterocycles. The molecule has 0 radical (unpaired) electrons. The van der Waals surface area contributed by atoms with E-state index in [4.69, 9.17) is 4.52 Å². The first-order valence-corrected chi connectivity index (χ1v) is 10.8. The van der Waals surface area contributed by atoms with Gasteiger partial charge in [0, 0.05) is 29.8 Å². The van der Waals surface area contributed by atoms with Crippen LogP contribution in [0.4, 0.5) is 0 Å². The zero-order valence-corrected chi connectivity index (χ0v) is 18.4. The fourth-order valence-corrected chi connectivity index (χ4v) is 4.14. The third kappa shape index (κ3) is 4.69. The molecule has 1 aliphatic carbocycles. The number of aromatic nitrogens is 3. The second kappa shape index (κ2) is 9.30. The minimum atomic E-state index is -0.323. The van der Waals surface area contributed by atoms with Gasteiger partial charge in [-0.1, -0.05) is 41.6 Å². The summed E-state index contributed by atoms with van der Waals surface area (Å²) in [4.78, 5) is 34.5. The molecule has 4 rings (SSSR count). The van der Waals surface area contributed by atoms with E-state index in [0.717, 1.165) is 11.1 Å². The third-order valence-corrected chi connectivity index (χ3v) is 5.70. The van der Waals surface area contributed by atoms with Crippen molar-refractivity contribution in [2.75, 3.05) is 0 Å². The topological polar surface area (TPSA) is 110 Å². The van der Waals surface area contributed by atoms with Crippen LogP contribution >= 0.6 is 0 Å². The summed E-state index contributed by atoms with van der Waals surface area (Å²) in [6, 6.07) is 12.9. The second-order valence-electron chi connectivity index (χ2n) is 8.51. The minimum Gasteiger partial charge on any atom is -0.354 e. The van der Waals surface area contributed by atoms with Crippen LogP contribution in [0, 0.1) is 12.8 Å². The van der Waals surface area contributed by atoms with Gasteiger partial charge in [-0.25, -0.2) is 0 Å². The average Bonchev–Trinajstić information content (AvgIpc) is 3.41. The standard InChI is InChI=1S/C24H27N5O3/c1-14(2)26-22(30)17-12-18(24-28-21(29-32-24)16-9-5-4-6-10-16)19(13-17)27-23(31)20-15(3)8-7-11-25-20/h4-11,14,17-19H,12-13H2,1-3H3,(H,26,30)(H,27,31)/t17-,18-,19+/m1/s1. The summed E-state index contributed by atoms with van der Waals surface area (Å²) in [5.41, 5.74) is 2.01. The summed E-state index contributed by atoms with van der Waals surface area (Å²) in [7, 11) is 0. The summed E-state index contributed by atoms with van der Waals surface area (Å²) in [6.45, 7) is 5.70. The van der Waals surface area contributed by atoms with Crippen molar-refractivity contribution in [1.82, 2.24) is 25.8 Å². The molecule has 0 spiro atoms. The van der Waals surface area contributed by atoms with Crippen LogP contribution < -0.4 is 10.6 Å². The number of amides is 2. The van der Waals surface area contributed by atoms with E-state index in [0.29, 0.717) is 30.3 Å². The Morgan fingerprint density at radius 2 is 1.88 bits per heavy atom. The molecule has 1 saturated carbocycles. The Morgan fingerprint density at radius 1 is 1.09 bits per heavy atom. The fraction of sp³-hybridized carbons (Fsp3) is 0.375. The molecule has 32 heavy (non-hydrogen) atoms. The second-order valence-corrected chi connectivity index (χ2v) is 8.51. The van der Waals surface area contributed by atoms with Crippen molar-refractivity contribution >= 4 is 11.8 Å². The van der Waals surface area contributed by atoms with Gasteiger partial charge in [-0.2, -0.15) is 4.98 Å². The molecule has 0 unspecified atom stereocenters. The molecule has 3 atom stereocenters. The van der Waals surface area contributed by atoms with Crippen molar-refractivity contribution < 1.29 is 14.1 Å². The summed E-state index contributed by atoms with van der Waals surface area (Å²) < 4.78 is 5.59. The largest absolute Gasteiger partial charge is 0.354 e. The molecule has 166 valence electrons. The molecule has 3 aromatic rings. The highest BCUT2D eigenvalue weighted by atomic mass is 16.5. The van der Waals surface area contributed by atoms with Crippen LogP contribution in [0.2, 0.25) is 0 Å². The van der Waals surface area contributed by atoms with Gasteiger partial charge >= 0.3 is 0 Å². The van der Waals surface area contributed by atoms with Crippen LogP contribution in [0.3, 0.4) is 0 Å². The van der Waals surface area contributed by atoms with E-state index < -0.39 is 0 Å². The number of hydrogen-bond donors (Lipinski definition) is 2. The molecule has 2 N–H and O–H groups in total. The van der Waals surface area contributed by atoms with E-state index in [1.807, 2.05) is 57.2 Å². The van der Waals surface area contributed by atoms with Gasteiger partial charge in [0.15, 0.2) is 0 Å². The van der Waals surface area contributed by atoms with Crippen LogP contribution in [0.1, 0.15) is 54.5 Å². The highest BCUT2D eigenvalue weighted by molar-refractivity contribution is 5.94. The molecule has 0 saturated heterocycles. The Bertz CT molecular complexity index is 1100. The molecule has 8 heteroatoms. The first-order chi connectivity index (χ1) is 15.4. The molecule has 1 fully saturated rings. The number of carbonyl (C=O) groups excluding carboxylic acids is 2. The van der Waals surface area contributed by atoms with E-state index in [2.05, 4.69) is 25.8 Å². The van der Waals surface area contributed by atoms with Gasteiger partial charge in [0.1, 0.15) is 5.69 Å². The third-order valence-electron chi connectivity index (χ3n) is 5.70. The van der Waals surface area contributed by atoms with Gasteiger partial charge in [-0.15, -0.1) is 0 Å². The van der Waals surface area contributed by atoms with E-state index in [9.17, 15) is 9.59 Å². The number of carbonyl (C=O) groups is 2. The van der Waals surface area contributed by atoms with Crippen LogP contribution in [0.25, 0.3) is 11.4 Å². The SMILES string of the molecule is Cc1cccnc1C(=O)N[C@H]1C[C@H](C(=O)NC(C)C)C[C@H]1c1nc(-c2ccccc2)no1. The Balaban J connectivity index is 1.58. The molecule has 2 amide bonds. The predicted octanol–water partition coefficient (Wildman–Crippen LogP) is 3.26. The van der Waals surface area contributed by atoms with E-state index in [1.54, 1.807) is 12.3 Å². The van der Waals surface area contributed by atoms with Crippen molar-refractivity contribution in [3.05, 3.63) is 65.8 Å². The van der Waals surface area contributed by atoms with Crippen molar-refractivity contribution in [1.29, 1.82) is 0 Å². The number of aryl methyl sites for hydroxylation is 1. The molecule has 0 bridgehead atoms. The van der Waals surface area contributed by atoms with Gasteiger partial charge < -0.3 is 15.2 Å². The Morgan fingerprint density at radius 3 is 2.59 bits per heavy atom. The Labute approximate surface area is 186 Å². The van der Waals surface area contributed by atoms with E-state index >= 15 is 0 Å². The number of hydrogen-bond acceptors (Lipinski definition) is 6. The Hall–Kier alpha value is -3.55. The summed E-state index contributed by atoms with van der Waals surface area (Å²) in [5, 5.41) is 10.2. The lowest BCUT2D eigenvalue weighted by Crippen LogP contribution is -2.38. The molecule has 1 aromatic carbocycles. The first-order valence-electron chi connectivity index (χ1n) is 10.8. The quantitative estimate of drug-likeness (QED) is 0.617. The Kier molecular flexibility index (Phi) is 6.30. The number of nitrogens with one attached hydrogen (secondary N) is 2. The highest BCUT2D eigenvalue weighted by Gasteiger charge is 2.42. The summed E-state index contributed by atoms with van der Waals surface area (Å²) in [6.07, 6.45) is 2.60. The number of pyridine rings is 1. The molecule has 8 nitrogen and oxygen atoms in total. The lowest BCUT2D eigenvalue weighted by molar-refractivity contribution is -0.125. The first kappa shape index (κ1) is 21.7. The van der Waals surface area contributed by atoms with Crippen molar-refractivity contribution in [2.24, 2.45) is 5.92 Å². The van der Waals surface area contributed by atoms with Crippen molar-refractivity contribution in [3.63, 3.8) is 0 Å². The van der Waals surface area contributed by atoms with E-state index in [-0.39, 0.29) is 35.7 Å². The predicted molar refractivity (Wildman–Crippen MR) is 119 cm³/mol. The molecule has 1 aliphatic rings. The van der Waals surface area contributed by atoms with Gasteiger partial charge in [0.25, 0.3) is 5.91 Å². The summed E-state index contributed by atoms with van der Waals surface area (Å²) >= 11 is 0. The highest BCUT2D eigenvalue weighted by Crippen LogP contribution is 2.39. The van der Waals surface area contributed by atoms with Crippen molar-refractivity contribution in [3.8, 4) is 11.4 Å². The number of benzene rings is 1. The van der Waals surface area contributed by atoms with Gasteiger partial charge in [-0.05, 0) is 45.2 Å². The molecular weight excluding hydrogens is 406 g/mol. The average molecular weight is 434 g/mol. The smallest absolute Gasteiger partial charge is 0.270 e. The van der Waals surface area contributed by atoms with Crippen molar-refractivity contribution in [2.45, 2.75) is 51.6 Å². The normalized spacial score (nSPS) is 20.3. The monoisotopic (exact) mass is 433 g/mol. The van der Waals surface area contributed by atoms with E-state index in [1.165, 1.54) is 0 Å². The van der Waals surface area contributed by atoms with Crippen LogP contribution in [-0.4, -0.2) is 39.0 Å². The zero-order valence-electron chi connectivity index (χ0n) is 18.4. The molecule has 2 heterocycles. The van der Waals surface area contributed by atoms with Gasteiger partial charge in [-0.3, -0.25) is 14.6 Å². The maximum absolute atomic E-state index is 12.9. The maximum Gasteiger partial charge on any atom is 0.270 e. The molecule has 2 aromatic heterocycles. The summed E-state index contributed by atoms with van der Waals surface area (Å²) in [5.74, 6) is 0.0814. The van der Waals surface area contributed by atoms with Crippen LogP contribution in [-0.2, 0) is 4.79 Å². The fourth-order valence-electron chi connectivity index (χ4n) is 4.14. The number of rotatable bonds is 6. The van der Waals surface area contributed by atoms with Crippen LogP contribution in [0.15, 0.2) is 53.2 Å².